The van der Waals surface area contributed by atoms with Gasteiger partial charge in [0.05, 0.1) is 5.75 Å². The molecule has 1 atom stereocenters. The predicted molar refractivity (Wildman–Crippen MR) is 99.7 cm³/mol. The molecule has 130 valence electrons. The fourth-order valence-electron chi connectivity index (χ4n) is 3.18. The molecule has 0 saturated carbocycles. The van der Waals surface area contributed by atoms with Gasteiger partial charge < -0.3 is 0 Å². The Balaban J connectivity index is 1.61. The molecule has 1 fully saturated rings. The van der Waals surface area contributed by atoms with Crippen LogP contribution in [0.3, 0.4) is 0 Å². The van der Waals surface area contributed by atoms with Crippen molar-refractivity contribution in [2.45, 2.75) is 25.6 Å². The molecule has 2 aromatic rings. The van der Waals surface area contributed by atoms with Crippen LogP contribution in [-0.2, 0) is 15.8 Å². The Bertz CT molecular complexity index is 764. The lowest BCUT2D eigenvalue weighted by atomic mass is 10.2. The van der Waals surface area contributed by atoms with Gasteiger partial charge in [0.25, 0.3) is 0 Å². The van der Waals surface area contributed by atoms with Gasteiger partial charge >= 0.3 is 0 Å². The molecular weight excluding hydrogens is 340 g/mol. The van der Waals surface area contributed by atoms with Gasteiger partial charge in [0, 0.05) is 37.1 Å². The minimum Gasteiger partial charge on any atom is -0.293 e. The minimum absolute atomic E-state index is 0.0924. The molecule has 24 heavy (non-hydrogen) atoms. The fourth-order valence-corrected chi connectivity index (χ4v) is 5.50. The maximum atomic E-state index is 12.7. The van der Waals surface area contributed by atoms with Gasteiger partial charge in [-0.25, -0.2) is 8.42 Å². The quantitative estimate of drug-likeness (QED) is 0.818. The van der Waals surface area contributed by atoms with Gasteiger partial charge in [-0.05, 0) is 30.9 Å². The summed E-state index contributed by atoms with van der Waals surface area (Å²) in [5.74, 6) is 0.0924. The lowest BCUT2D eigenvalue weighted by Gasteiger charge is -2.37. The SMILES string of the molecule is Cc1cccc(CS(=O)(=O)N2CCN(C(C)c3cccs3)CC2)c1. The average Bonchev–Trinajstić information content (AvgIpc) is 3.08. The molecule has 0 spiro atoms. The first-order chi connectivity index (χ1) is 11.5. The first kappa shape index (κ1) is 17.6. The van der Waals surface area contributed by atoms with Gasteiger partial charge in [0.15, 0.2) is 0 Å². The molecular formula is C18H24N2O2S2. The number of benzene rings is 1. The standard InChI is InChI=1S/C18H24N2O2S2/c1-15-5-3-6-17(13-15)14-24(21,22)20-10-8-19(9-11-20)16(2)18-7-4-12-23-18/h3-7,12-13,16H,8-11,14H2,1-2H3. The summed E-state index contributed by atoms with van der Waals surface area (Å²) in [5, 5.41) is 2.09. The van der Waals surface area contributed by atoms with Crippen LogP contribution in [0.1, 0.15) is 29.0 Å². The smallest absolute Gasteiger partial charge is 0.218 e. The van der Waals surface area contributed by atoms with E-state index in [9.17, 15) is 8.42 Å². The summed E-state index contributed by atoms with van der Waals surface area (Å²) in [7, 11) is -3.25. The van der Waals surface area contributed by atoms with Gasteiger partial charge in [0.1, 0.15) is 0 Å². The summed E-state index contributed by atoms with van der Waals surface area (Å²) in [4.78, 5) is 3.70. The highest BCUT2D eigenvalue weighted by Crippen LogP contribution is 2.26. The molecule has 1 unspecified atom stereocenters. The van der Waals surface area contributed by atoms with Crippen molar-refractivity contribution >= 4 is 21.4 Å². The van der Waals surface area contributed by atoms with E-state index >= 15 is 0 Å². The van der Waals surface area contributed by atoms with Gasteiger partial charge in [-0.2, -0.15) is 4.31 Å². The molecule has 0 radical (unpaired) electrons. The van der Waals surface area contributed by atoms with Crippen LogP contribution in [0.25, 0.3) is 0 Å². The molecule has 1 aliphatic rings. The van der Waals surface area contributed by atoms with Crippen LogP contribution in [-0.4, -0.2) is 43.8 Å². The van der Waals surface area contributed by atoms with Crippen molar-refractivity contribution in [1.82, 2.24) is 9.21 Å². The number of nitrogens with zero attached hydrogens (tertiary/aromatic N) is 2. The van der Waals surface area contributed by atoms with Crippen molar-refractivity contribution in [2.24, 2.45) is 0 Å². The molecule has 0 N–H and O–H groups in total. The third-order valence-electron chi connectivity index (χ3n) is 4.60. The van der Waals surface area contributed by atoms with Gasteiger partial charge in [-0.3, -0.25) is 4.90 Å². The first-order valence-corrected chi connectivity index (χ1v) is 10.8. The topological polar surface area (TPSA) is 40.6 Å². The zero-order valence-corrected chi connectivity index (χ0v) is 15.8. The van der Waals surface area contributed by atoms with E-state index in [1.54, 1.807) is 15.6 Å². The molecule has 2 heterocycles. The Labute approximate surface area is 148 Å². The van der Waals surface area contributed by atoms with Crippen molar-refractivity contribution in [3.63, 3.8) is 0 Å². The zero-order chi connectivity index (χ0) is 17.2. The van der Waals surface area contributed by atoms with E-state index in [4.69, 9.17) is 0 Å². The zero-order valence-electron chi connectivity index (χ0n) is 14.2. The highest BCUT2D eigenvalue weighted by molar-refractivity contribution is 7.88. The third kappa shape index (κ3) is 4.06. The number of hydrogen-bond acceptors (Lipinski definition) is 4. The molecule has 1 aromatic carbocycles. The second-order valence-electron chi connectivity index (χ2n) is 6.37. The monoisotopic (exact) mass is 364 g/mol. The average molecular weight is 365 g/mol. The van der Waals surface area contributed by atoms with Crippen LogP contribution >= 0.6 is 11.3 Å². The summed E-state index contributed by atoms with van der Waals surface area (Å²) in [6, 6.07) is 12.3. The summed E-state index contributed by atoms with van der Waals surface area (Å²) >= 11 is 1.76. The Kier molecular flexibility index (Phi) is 5.39. The Hall–Kier alpha value is -1.21. The Morgan fingerprint density at radius 1 is 1.12 bits per heavy atom. The minimum atomic E-state index is -3.25. The van der Waals surface area contributed by atoms with Gasteiger partial charge in [0.2, 0.25) is 10.0 Å². The maximum absolute atomic E-state index is 12.7. The molecule has 1 aliphatic heterocycles. The van der Waals surface area contributed by atoms with E-state index in [0.717, 1.165) is 24.2 Å². The second kappa shape index (κ2) is 7.35. The summed E-state index contributed by atoms with van der Waals surface area (Å²) in [6.45, 7) is 6.90. The van der Waals surface area contributed by atoms with Crippen molar-refractivity contribution in [3.8, 4) is 0 Å². The molecule has 0 amide bonds. The fraction of sp³-hybridized carbons (Fsp3) is 0.444. The van der Waals surface area contributed by atoms with Crippen molar-refractivity contribution in [1.29, 1.82) is 0 Å². The molecule has 0 aliphatic carbocycles. The lowest BCUT2D eigenvalue weighted by molar-refractivity contribution is 0.147. The van der Waals surface area contributed by atoms with E-state index in [1.165, 1.54) is 4.88 Å². The van der Waals surface area contributed by atoms with E-state index in [1.807, 2.05) is 31.2 Å². The Morgan fingerprint density at radius 3 is 2.50 bits per heavy atom. The maximum Gasteiger partial charge on any atom is 0.218 e. The van der Waals surface area contributed by atoms with Crippen LogP contribution in [0.2, 0.25) is 0 Å². The van der Waals surface area contributed by atoms with E-state index in [-0.39, 0.29) is 5.75 Å². The van der Waals surface area contributed by atoms with E-state index in [2.05, 4.69) is 29.3 Å². The van der Waals surface area contributed by atoms with Crippen molar-refractivity contribution < 1.29 is 8.42 Å². The molecule has 0 bridgehead atoms. The number of thiophene rings is 1. The van der Waals surface area contributed by atoms with Crippen LogP contribution in [0, 0.1) is 6.92 Å². The van der Waals surface area contributed by atoms with Crippen LogP contribution < -0.4 is 0 Å². The number of hydrogen-bond donors (Lipinski definition) is 0. The Morgan fingerprint density at radius 2 is 1.88 bits per heavy atom. The van der Waals surface area contributed by atoms with Crippen molar-refractivity contribution in [2.75, 3.05) is 26.2 Å². The highest BCUT2D eigenvalue weighted by atomic mass is 32.2. The normalized spacial score (nSPS) is 18.6. The number of sulfonamides is 1. The largest absolute Gasteiger partial charge is 0.293 e. The van der Waals surface area contributed by atoms with Gasteiger partial charge in [-0.15, -0.1) is 11.3 Å². The van der Waals surface area contributed by atoms with Crippen LogP contribution in [0.15, 0.2) is 41.8 Å². The van der Waals surface area contributed by atoms with Crippen molar-refractivity contribution in [3.05, 3.63) is 57.8 Å². The lowest BCUT2D eigenvalue weighted by Crippen LogP contribution is -2.49. The van der Waals surface area contributed by atoms with E-state index < -0.39 is 10.0 Å². The number of piperazine rings is 1. The molecule has 1 aromatic heterocycles. The number of aryl methyl sites for hydroxylation is 1. The molecule has 3 rings (SSSR count). The van der Waals surface area contributed by atoms with Crippen LogP contribution in [0.5, 0.6) is 0 Å². The van der Waals surface area contributed by atoms with Gasteiger partial charge in [-0.1, -0.05) is 35.9 Å². The summed E-state index contributed by atoms with van der Waals surface area (Å²) in [5.41, 5.74) is 1.96. The number of rotatable bonds is 5. The third-order valence-corrected chi connectivity index (χ3v) is 7.49. The molecule has 4 nitrogen and oxygen atoms in total. The highest BCUT2D eigenvalue weighted by Gasteiger charge is 2.29. The summed E-state index contributed by atoms with van der Waals surface area (Å²) < 4.78 is 27.0. The predicted octanol–water partition coefficient (Wildman–Crippen LogP) is 3.27. The van der Waals surface area contributed by atoms with Crippen LogP contribution in [0.4, 0.5) is 0 Å². The summed E-state index contributed by atoms with van der Waals surface area (Å²) in [6.07, 6.45) is 0. The second-order valence-corrected chi connectivity index (χ2v) is 9.32. The molecule has 1 saturated heterocycles. The van der Waals surface area contributed by atoms with E-state index in [0.29, 0.717) is 19.1 Å². The first-order valence-electron chi connectivity index (χ1n) is 8.26. The molecule has 6 heteroatoms.